The molecule has 0 bridgehead atoms. The molecular weight excluding hydrogens is 270 g/mol. The zero-order valence-corrected chi connectivity index (χ0v) is 13.3. The summed E-state index contributed by atoms with van der Waals surface area (Å²) in [6.45, 7) is 7.69. The molecule has 0 radical (unpaired) electrons. The largest absolute Gasteiger partial charge is 0.378 e. The first-order valence-corrected chi connectivity index (χ1v) is 8.28. The fourth-order valence-corrected chi connectivity index (χ4v) is 3.11. The minimum Gasteiger partial charge on any atom is -0.378 e. The van der Waals surface area contributed by atoms with Gasteiger partial charge >= 0.3 is 0 Å². The molecule has 2 N–H and O–H groups in total. The van der Waals surface area contributed by atoms with Crippen LogP contribution in [-0.4, -0.2) is 31.8 Å². The number of nitrogens with zero attached hydrogens (tertiary/aromatic N) is 1. The summed E-state index contributed by atoms with van der Waals surface area (Å²) in [5, 5.41) is 6.68. The molecule has 20 heavy (non-hydrogen) atoms. The maximum absolute atomic E-state index is 5.63. The first-order valence-electron chi connectivity index (χ1n) is 7.47. The number of thiophene rings is 1. The van der Waals surface area contributed by atoms with E-state index in [0.29, 0.717) is 6.10 Å². The molecule has 1 aliphatic rings. The third kappa shape index (κ3) is 5.13. The first kappa shape index (κ1) is 15.3. The Morgan fingerprint density at radius 1 is 1.45 bits per heavy atom. The van der Waals surface area contributed by atoms with Crippen LogP contribution in [0.5, 0.6) is 0 Å². The quantitative estimate of drug-likeness (QED) is 0.626. The Balaban J connectivity index is 1.76. The summed E-state index contributed by atoms with van der Waals surface area (Å²) in [7, 11) is 0. The van der Waals surface area contributed by atoms with Crippen molar-refractivity contribution in [3.05, 3.63) is 21.9 Å². The van der Waals surface area contributed by atoms with E-state index in [0.717, 1.165) is 38.6 Å². The minimum absolute atomic E-state index is 0.435. The first-order chi connectivity index (χ1) is 9.78. The molecule has 1 aromatic heterocycles. The summed E-state index contributed by atoms with van der Waals surface area (Å²) in [4.78, 5) is 7.27. The van der Waals surface area contributed by atoms with Crippen molar-refractivity contribution in [2.45, 2.75) is 45.8 Å². The predicted molar refractivity (Wildman–Crippen MR) is 85.5 cm³/mol. The van der Waals surface area contributed by atoms with Gasteiger partial charge in [0.05, 0.1) is 12.6 Å². The summed E-state index contributed by atoms with van der Waals surface area (Å²) in [5.74, 6) is 0.900. The van der Waals surface area contributed by atoms with Crippen LogP contribution in [0.1, 0.15) is 35.9 Å². The van der Waals surface area contributed by atoms with Gasteiger partial charge in [-0.3, -0.25) is 0 Å². The van der Waals surface area contributed by atoms with Gasteiger partial charge in [0, 0.05) is 29.5 Å². The van der Waals surface area contributed by atoms with E-state index in [9.17, 15) is 0 Å². The van der Waals surface area contributed by atoms with Gasteiger partial charge in [-0.2, -0.15) is 0 Å². The van der Waals surface area contributed by atoms with Crippen LogP contribution in [-0.2, 0) is 11.3 Å². The van der Waals surface area contributed by atoms with Crippen LogP contribution in [0.25, 0.3) is 0 Å². The molecule has 2 rings (SSSR count). The fourth-order valence-electron chi connectivity index (χ4n) is 2.29. The normalized spacial score (nSPS) is 19.3. The summed E-state index contributed by atoms with van der Waals surface area (Å²) in [6, 6.07) is 4.30. The Morgan fingerprint density at radius 2 is 2.35 bits per heavy atom. The smallest absolute Gasteiger partial charge is 0.191 e. The van der Waals surface area contributed by atoms with Gasteiger partial charge in [0.1, 0.15) is 0 Å². The van der Waals surface area contributed by atoms with Crippen LogP contribution < -0.4 is 10.6 Å². The Bertz CT molecular complexity index is 425. The van der Waals surface area contributed by atoms with E-state index in [2.05, 4.69) is 41.6 Å². The number of hydrogen-bond acceptors (Lipinski definition) is 3. The van der Waals surface area contributed by atoms with E-state index in [-0.39, 0.29) is 0 Å². The Morgan fingerprint density at radius 3 is 3.00 bits per heavy atom. The fraction of sp³-hybridized carbons (Fsp3) is 0.667. The van der Waals surface area contributed by atoms with Crippen LogP contribution in [0.3, 0.4) is 0 Å². The van der Waals surface area contributed by atoms with Crippen LogP contribution in [0.2, 0.25) is 0 Å². The van der Waals surface area contributed by atoms with E-state index in [1.54, 1.807) is 0 Å². The van der Waals surface area contributed by atoms with Crippen molar-refractivity contribution in [3.8, 4) is 0 Å². The second-order valence-corrected chi connectivity index (χ2v) is 6.43. The number of nitrogens with one attached hydrogen (secondary N) is 2. The molecule has 2 heterocycles. The lowest BCUT2D eigenvalue weighted by molar-refractivity contribution is 0.105. The van der Waals surface area contributed by atoms with Gasteiger partial charge in [0.25, 0.3) is 0 Å². The molecule has 1 atom stereocenters. The van der Waals surface area contributed by atoms with Crippen LogP contribution in [0, 0.1) is 6.92 Å². The van der Waals surface area contributed by atoms with Gasteiger partial charge in [0.15, 0.2) is 5.96 Å². The van der Waals surface area contributed by atoms with Crippen molar-refractivity contribution in [1.29, 1.82) is 0 Å². The van der Waals surface area contributed by atoms with Gasteiger partial charge in [-0.15, -0.1) is 11.3 Å². The minimum atomic E-state index is 0.435. The van der Waals surface area contributed by atoms with Crippen LogP contribution >= 0.6 is 11.3 Å². The van der Waals surface area contributed by atoms with Crippen molar-refractivity contribution in [3.63, 3.8) is 0 Å². The lowest BCUT2D eigenvalue weighted by Gasteiger charge is -2.13. The highest BCUT2D eigenvalue weighted by atomic mass is 32.1. The van der Waals surface area contributed by atoms with Crippen molar-refractivity contribution in [1.82, 2.24) is 10.6 Å². The predicted octanol–water partition coefficient (Wildman–Crippen LogP) is 2.68. The molecule has 0 spiro atoms. The zero-order chi connectivity index (χ0) is 14.2. The summed E-state index contributed by atoms with van der Waals surface area (Å²) >= 11 is 1.81. The molecule has 0 aromatic carbocycles. The van der Waals surface area contributed by atoms with Gasteiger partial charge in [-0.25, -0.2) is 4.99 Å². The average Bonchev–Trinajstić information content (AvgIpc) is 3.07. The zero-order valence-electron chi connectivity index (χ0n) is 12.4. The summed E-state index contributed by atoms with van der Waals surface area (Å²) in [5.41, 5.74) is 0. The lowest BCUT2D eigenvalue weighted by Crippen LogP contribution is -2.38. The maximum Gasteiger partial charge on any atom is 0.191 e. The molecular formula is C15H25N3OS. The topological polar surface area (TPSA) is 45.7 Å². The van der Waals surface area contributed by atoms with E-state index in [1.807, 2.05) is 11.3 Å². The monoisotopic (exact) mass is 295 g/mol. The number of guanidine groups is 1. The second kappa shape index (κ2) is 8.27. The van der Waals surface area contributed by atoms with Crippen molar-refractivity contribution in [2.75, 3.05) is 19.7 Å². The third-order valence-corrected chi connectivity index (χ3v) is 4.30. The second-order valence-electron chi connectivity index (χ2n) is 5.06. The molecule has 0 amide bonds. The molecule has 0 aliphatic carbocycles. The van der Waals surface area contributed by atoms with E-state index >= 15 is 0 Å². The molecule has 1 aromatic rings. The van der Waals surface area contributed by atoms with Gasteiger partial charge in [-0.1, -0.05) is 0 Å². The molecule has 0 saturated carbocycles. The Kier molecular flexibility index (Phi) is 6.33. The number of aryl methyl sites for hydroxylation is 1. The SMILES string of the molecule is CCNC(=NCc1ccc(C)s1)NCCC1CCCO1. The van der Waals surface area contributed by atoms with Gasteiger partial charge in [-0.05, 0) is 45.2 Å². The number of rotatable bonds is 6. The molecule has 1 unspecified atom stereocenters. The van der Waals surface area contributed by atoms with Crippen LogP contribution in [0.4, 0.5) is 0 Å². The molecule has 112 valence electrons. The molecule has 1 saturated heterocycles. The maximum atomic E-state index is 5.63. The summed E-state index contributed by atoms with van der Waals surface area (Å²) in [6.07, 6.45) is 3.90. The van der Waals surface area contributed by atoms with Gasteiger partial charge in [0.2, 0.25) is 0 Å². The highest BCUT2D eigenvalue weighted by Gasteiger charge is 2.14. The third-order valence-electron chi connectivity index (χ3n) is 3.32. The lowest BCUT2D eigenvalue weighted by atomic mass is 10.2. The van der Waals surface area contributed by atoms with Crippen molar-refractivity contribution in [2.24, 2.45) is 4.99 Å². The number of hydrogen-bond donors (Lipinski definition) is 2. The Hall–Kier alpha value is -1.07. The van der Waals surface area contributed by atoms with E-state index < -0.39 is 0 Å². The Labute approximate surface area is 125 Å². The molecule has 1 aliphatic heterocycles. The molecule has 5 heteroatoms. The number of ether oxygens (including phenoxy) is 1. The standard InChI is InChI=1S/C15H25N3OS/c1-3-16-15(17-9-8-13-5-4-10-19-13)18-11-14-7-6-12(2)20-14/h6-7,13H,3-5,8-11H2,1-2H3,(H2,16,17,18). The molecule has 4 nitrogen and oxygen atoms in total. The van der Waals surface area contributed by atoms with Crippen LogP contribution in [0.15, 0.2) is 17.1 Å². The van der Waals surface area contributed by atoms with Crippen molar-refractivity contribution < 1.29 is 4.74 Å². The van der Waals surface area contributed by atoms with Gasteiger partial charge < -0.3 is 15.4 Å². The van der Waals surface area contributed by atoms with E-state index in [1.165, 1.54) is 22.6 Å². The average molecular weight is 295 g/mol. The highest BCUT2D eigenvalue weighted by Crippen LogP contribution is 2.16. The summed E-state index contributed by atoms with van der Waals surface area (Å²) < 4.78 is 5.63. The van der Waals surface area contributed by atoms with Crippen molar-refractivity contribution >= 4 is 17.3 Å². The number of aliphatic imine (C=N–C) groups is 1. The van der Waals surface area contributed by atoms with E-state index in [4.69, 9.17) is 4.74 Å². The highest BCUT2D eigenvalue weighted by molar-refractivity contribution is 7.11. The molecule has 1 fully saturated rings.